The fourth-order valence-electron chi connectivity index (χ4n) is 9.93. The van der Waals surface area contributed by atoms with E-state index in [1.807, 2.05) is 0 Å². The molecule has 56 heavy (non-hydrogen) atoms. The van der Waals surface area contributed by atoms with Gasteiger partial charge in [0.2, 0.25) is 0 Å². The van der Waals surface area contributed by atoms with Crippen LogP contribution in [0, 0.1) is 0 Å². The lowest BCUT2D eigenvalue weighted by molar-refractivity contribution is 0.660. The monoisotopic (exact) mass is 716 g/mol. The quantitative estimate of drug-likeness (QED) is 0.181. The first-order valence-electron chi connectivity index (χ1n) is 19.7. The van der Waals surface area contributed by atoms with Crippen LogP contribution in [-0.2, 0) is 10.8 Å². The molecule has 2 aliphatic carbocycles. The first-order chi connectivity index (χ1) is 27.3. The molecule has 0 fully saturated rings. The van der Waals surface area contributed by atoms with Gasteiger partial charge >= 0.3 is 0 Å². The van der Waals surface area contributed by atoms with Crippen molar-refractivity contribution in [3.63, 3.8) is 0 Å². The van der Waals surface area contributed by atoms with Gasteiger partial charge in [-0.1, -0.05) is 185 Å². The fraction of sp³-hybridized carbons (Fsp3) is 0.111. The van der Waals surface area contributed by atoms with Crippen molar-refractivity contribution >= 4 is 21.5 Å². The van der Waals surface area contributed by atoms with Crippen molar-refractivity contribution in [2.75, 3.05) is 0 Å². The fourth-order valence-corrected chi connectivity index (χ4v) is 9.93. The standard InChI is InChI=1S/C54H40N2/c1-53(2)43-25-13-12-22-41(43)49-42(24-15-26-44(49)53)48-32-47(34-17-6-5-7-18-34)55-52(56-48)40-30-29-38(36-20-10-11-21-37(36)40)39-23-14-27-45-51(39)50-35-19-9-8-16-33(35)28-31-46(50)54(45,3)4/h5-32H,1-4H3. The van der Waals surface area contributed by atoms with Crippen molar-refractivity contribution in [1.29, 1.82) is 0 Å². The summed E-state index contributed by atoms with van der Waals surface area (Å²) < 4.78 is 0. The summed E-state index contributed by atoms with van der Waals surface area (Å²) in [5.74, 6) is 0.725. The number of benzene rings is 8. The van der Waals surface area contributed by atoms with Crippen LogP contribution in [0.5, 0.6) is 0 Å². The van der Waals surface area contributed by atoms with Crippen molar-refractivity contribution in [1.82, 2.24) is 9.97 Å². The Bertz CT molecular complexity index is 3080. The topological polar surface area (TPSA) is 25.8 Å². The van der Waals surface area contributed by atoms with E-state index in [0.29, 0.717) is 0 Å². The Morgan fingerprint density at radius 1 is 0.339 bits per heavy atom. The average molecular weight is 717 g/mol. The second kappa shape index (κ2) is 11.9. The van der Waals surface area contributed by atoms with Crippen molar-refractivity contribution < 1.29 is 0 Å². The Balaban J connectivity index is 1.15. The third-order valence-electron chi connectivity index (χ3n) is 12.7. The van der Waals surface area contributed by atoms with E-state index >= 15 is 0 Å². The maximum atomic E-state index is 5.48. The lowest BCUT2D eigenvalue weighted by Crippen LogP contribution is -2.14. The van der Waals surface area contributed by atoms with Gasteiger partial charge in [0.1, 0.15) is 0 Å². The minimum Gasteiger partial charge on any atom is -0.228 e. The van der Waals surface area contributed by atoms with Crippen LogP contribution in [-0.4, -0.2) is 9.97 Å². The molecule has 2 aliphatic rings. The zero-order valence-electron chi connectivity index (χ0n) is 32.1. The number of aromatic nitrogens is 2. The number of nitrogens with zero attached hydrogens (tertiary/aromatic N) is 2. The Morgan fingerprint density at radius 3 is 1.70 bits per heavy atom. The van der Waals surface area contributed by atoms with Gasteiger partial charge < -0.3 is 0 Å². The highest BCUT2D eigenvalue weighted by Gasteiger charge is 2.39. The van der Waals surface area contributed by atoms with Crippen molar-refractivity contribution in [3.05, 3.63) is 192 Å². The van der Waals surface area contributed by atoms with Crippen LogP contribution >= 0.6 is 0 Å². The molecule has 0 amide bonds. The van der Waals surface area contributed by atoms with Crippen molar-refractivity contribution in [2.45, 2.75) is 38.5 Å². The van der Waals surface area contributed by atoms with E-state index in [2.05, 4.69) is 198 Å². The molecule has 266 valence electrons. The van der Waals surface area contributed by atoms with E-state index in [4.69, 9.17) is 9.97 Å². The molecule has 11 rings (SSSR count). The summed E-state index contributed by atoms with van der Waals surface area (Å²) >= 11 is 0. The predicted molar refractivity (Wildman–Crippen MR) is 234 cm³/mol. The molecule has 1 heterocycles. The Kier molecular flexibility index (Phi) is 6.98. The summed E-state index contributed by atoms with van der Waals surface area (Å²) in [6.45, 7) is 9.40. The van der Waals surface area contributed by atoms with Gasteiger partial charge in [-0.05, 0) is 89.3 Å². The largest absolute Gasteiger partial charge is 0.228 e. The van der Waals surface area contributed by atoms with Gasteiger partial charge in [-0.15, -0.1) is 0 Å². The molecule has 0 unspecified atom stereocenters. The molecule has 0 bridgehead atoms. The van der Waals surface area contributed by atoms with Crippen LogP contribution in [0.1, 0.15) is 49.9 Å². The summed E-state index contributed by atoms with van der Waals surface area (Å²) in [4.78, 5) is 10.8. The SMILES string of the molecule is CC1(C)c2ccccc2-c2c(-c3cc(-c4ccccc4)nc(-c4ccc(-c5cccc6c5-c5c(ccc7ccccc57)C6(C)C)c5ccccc45)n3)cccc21. The van der Waals surface area contributed by atoms with Crippen LogP contribution < -0.4 is 0 Å². The maximum Gasteiger partial charge on any atom is 0.161 e. The van der Waals surface area contributed by atoms with E-state index < -0.39 is 0 Å². The first-order valence-corrected chi connectivity index (χ1v) is 19.7. The van der Waals surface area contributed by atoms with Crippen molar-refractivity contribution in [3.8, 4) is 67.3 Å². The molecule has 0 atom stereocenters. The lowest BCUT2D eigenvalue weighted by Gasteiger charge is -2.22. The lowest BCUT2D eigenvalue weighted by atomic mass is 9.81. The smallest absolute Gasteiger partial charge is 0.161 e. The maximum absolute atomic E-state index is 5.48. The second-order valence-corrected chi connectivity index (χ2v) is 16.5. The van der Waals surface area contributed by atoms with Gasteiger partial charge in [-0.2, -0.15) is 0 Å². The van der Waals surface area contributed by atoms with Crippen LogP contribution in [0.4, 0.5) is 0 Å². The summed E-state index contributed by atoms with van der Waals surface area (Å²) in [5, 5.41) is 4.91. The van der Waals surface area contributed by atoms with Crippen LogP contribution in [0.25, 0.3) is 88.8 Å². The van der Waals surface area contributed by atoms with E-state index in [-0.39, 0.29) is 10.8 Å². The highest BCUT2D eigenvalue weighted by atomic mass is 14.9. The van der Waals surface area contributed by atoms with Gasteiger partial charge in [0, 0.05) is 27.5 Å². The minimum atomic E-state index is -0.115. The highest BCUT2D eigenvalue weighted by Crippen LogP contribution is 2.56. The molecule has 9 aromatic rings. The van der Waals surface area contributed by atoms with Gasteiger partial charge in [0.15, 0.2) is 5.82 Å². The Hall–Kier alpha value is -6.64. The van der Waals surface area contributed by atoms with Gasteiger partial charge in [-0.3, -0.25) is 0 Å². The summed E-state index contributed by atoms with van der Waals surface area (Å²) in [5.41, 5.74) is 18.0. The third kappa shape index (κ3) is 4.62. The van der Waals surface area contributed by atoms with E-state index in [1.165, 1.54) is 71.8 Å². The normalized spacial score (nSPS) is 14.4. The van der Waals surface area contributed by atoms with Gasteiger partial charge in [-0.25, -0.2) is 9.97 Å². The number of hydrogen-bond donors (Lipinski definition) is 0. The Labute approximate surface area is 328 Å². The zero-order chi connectivity index (χ0) is 37.8. The molecule has 1 aromatic heterocycles. The molecule has 0 saturated heterocycles. The molecule has 2 nitrogen and oxygen atoms in total. The molecule has 0 saturated carbocycles. The minimum absolute atomic E-state index is 0.105. The summed E-state index contributed by atoms with van der Waals surface area (Å²) in [7, 11) is 0. The van der Waals surface area contributed by atoms with Crippen LogP contribution in [0.2, 0.25) is 0 Å². The molecule has 2 heteroatoms. The number of fused-ring (bicyclic) bond motifs is 9. The first kappa shape index (κ1) is 32.8. The molecular formula is C54H40N2. The molecule has 0 N–H and O–H groups in total. The highest BCUT2D eigenvalue weighted by molar-refractivity contribution is 6.11. The van der Waals surface area contributed by atoms with E-state index in [1.54, 1.807) is 0 Å². The number of rotatable bonds is 4. The molecule has 0 radical (unpaired) electrons. The molecular weight excluding hydrogens is 677 g/mol. The summed E-state index contributed by atoms with van der Waals surface area (Å²) in [6, 6.07) is 61.9. The average Bonchev–Trinajstić information content (AvgIpc) is 3.63. The van der Waals surface area contributed by atoms with Gasteiger partial charge in [0.05, 0.1) is 11.4 Å². The second-order valence-electron chi connectivity index (χ2n) is 16.5. The molecule has 0 spiro atoms. The zero-order valence-corrected chi connectivity index (χ0v) is 32.1. The summed E-state index contributed by atoms with van der Waals surface area (Å²) in [6.07, 6.45) is 0. The van der Waals surface area contributed by atoms with E-state index in [0.717, 1.165) is 39.3 Å². The number of hydrogen-bond acceptors (Lipinski definition) is 2. The van der Waals surface area contributed by atoms with E-state index in [9.17, 15) is 0 Å². The predicted octanol–water partition coefficient (Wildman–Crippen LogP) is 14.1. The van der Waals surface area contributed by atoms with Gasteiger partial charge in [0.25, 0.3) is 0 Å². The Morgan fingerprint density at radius 2 is 0.893 bits per heavy atom. The van der Waals surface area contributed by atoms with Crippen LogP contribution in [0.15, 0.2) is 170 Å². The van der Waals surface area contributed by atoms with Crippen LogP contribution in [0.3, 0.4) is 0 Å². The third-order valence-corrected chi connectivity index (χ3v) is 12.7. The molecule has 0 aliphatic heterocycles. The molecule has 8 aromatic carbocycles. The van der Waals surface area contributed by atoms with Crippen molar-refractivity contribution in [2.24, 2.45) is 0 Å².